The maximum absolute atomic E-state index is 13.1. The Morgan fingerprint density at radius 2 is 2.00 bits per heavy atom. The minimum absolute atomic E-state index is 0.00612. The van der Waals surface area contributed by atoms with Crippen LogP contribution in [-0.4, -0.2) is 45.7 Å². The second-order valence-electron chi connectivity index (χ2n) is 7.11. The molecule has 0 unspecified atom stereocenters. The quantitative estimate of drug-likeness (QED) is 0.567. The average Bonchev–Trinajstić information content (AvgIpc) is 2.54. The van der Waals surface area contributed by atoms with Gasteiger partial charge in [0.05, 0.1) is 24.9 Å². The van der Waals surface area contributed by atoms with Gasteiger partial charge in [0.1, 0.15) is 5.75 Å². The topological polar surface area (TPSA) is 116 Å². The number of carbonyl (C=O) groups is 1. The Balaban J connectivity index is 2.04. The van der Waals surface area contributed by atoms with Gasteiger partial charge in [0.2, 0.25) is 0 Å². The number of aliphatic hydroxyl groups is 2. The van der Waals surface area contributed by atoms with Crippen molar-refractivity contribution < 1.29 is 34.7 Å². The largest absolute Gasteiger partial charge is 0.507 e. The van der Waals surface area contributed by atoms with Crippen molar-refractivity contribution in [3.63, 3.8) is 0 Å². The zero-order valence-corrected chi connectivity index (χ0v) is 13.4. The van der Waals surface area contributed by atoms with Crippen LogP contribution >= 0.6 is 0 Å². The first kappa shape index (κ1) is 15.7. The van der Waals surface area contributed by atoms with E-state index in [0.29, 0.717) is 12.8 Å². The minimum atomic E-state index is -1.16. The predicted octanol–water partition coefficient (Wildman–Crippen LogP) is 1.09. The van der Waals surface area contributed by atoms with Crippen LogP contribution in [0.5, 0.6) is 17.2 Å². The lowest BCUT2D eigenvalue weighted by Crippen LogP contribution is -2.63. The third kappa shape index (κ3) is 1.64. The highest BCUT2D eigenvalue weighted by molar-refractivity contribution is 6.05. The molecule has 3 aliphatic rings. The van der Waals surface area contributed by atoms with E-state index in [1.807, 2.05) is 0 Å². The van der Waals surface area contributed by atoms with Crippen molar-refractivity contribution in [3.05, 3.63) is 17.2 Å². The summed E-state index contributed by atoms with van der Waals surface area (Å²) in [7, 11) is 1.33. The van der Waals surface area contributed by atoms with E-state index in [0.717, 1.165) is 0 Å². The maximum atomic E-state index is 13.1. The van der Waals surface area contributed by atoms with Crippen LogP contribution in [-0.2, 0) is 4.74 Å². The zero-order valence-electron chi connectivity index (χ0n) is 13.4. The van der Waals surface area contributed by atoms with Gasteiger partial charge in [0, 0.05) is 28.9 Å². The Morgan fingerprint density at radius 3 is 2.67 bits per heavy atom. The van der Waals surface area contributed by atoms with Crippen LogP contribution in [0.4, 0.5) is 0 Å². The van der Waals surface area contributed by atoms with Gasteiger partial charge in [-0.05, 0) is 12.8 Å². The zero-order chi connectivity index (χ0) is 17.4. The summed E-state index contributed by atoms with van der Waals surface area (Å²) in [5.41, 5.74) is -0.913. The first-order chi connectivity index (χ1) is 11.3. The van der Waals surface area contributed by atoms with Crippen LogP contribution in [0.2, 0.25) is 0 Å². The van der Waals surface area contributed by atoms with Crippen LogP contribution in [0.1, 0.15) is 41.8 Å². The summed E-state index contributed by atoms with van der Waals surface area (Å²) < 4.78 is 10.8. The number of hydrogen-bond donors (Lipinski definition) is 4. The summed E-state index contributed by atoms with van der Waals surface area (Å²) in [4.78, 5) is 13.1. The second kappa shape index (κ2) is 4.84. The summed E-state index contributed by atoms with van der Waals surface area (Å²) >= 11 is 0. The number of Topliss-reactive ketones (excluding diaryl/α,β-unsaturated/α-hetero) is 1. The van der Waals surface area contributed by atoms with Gasteiger partial charge in [-0.25, -0.2) is 0 Å². The van der Waals surface area contributed by atoms with Crippen LogP contribution in [0.3, 0.4) is 0 Å². The fourth-order valence-corrected chi connectivity index (χ4v) is 4.86. The summed E-state index contributed by atoms with van der Waals surface area (Å²) in [6.07, 6.45) is -2.00. The van der Waals surface area contributed by atoms with E-state index in [4.69, 9.17) is 9.47 Å². The van der Waals surface area contributed by atoms with Crippen LogP contribution in [0, 0.1) is 17.3 Å². The van der Waals surface area contributed by atoms with E-state index >= 15 is 0 Å². The highest BCUT2D eigenvalue weighted by atomic mass is 16.6. The molecule has 0 radical (unpaired) electrons. The van der Waals surface area contributed by atoms with Gasteiger partial charge >= 0.3 is 0 Å². The predicted molar refractivity (Wildman–Crippen MR) is 80.8 cm³/mol. The molecule has 0 spiro atoms. The molecule has 2 aliphatic carbocycles. The van der Waals surface area contributed by atoms with Crippen molar-refractivity contribution in [2.24, 2.45) is 17.3 Å². The first-order valence-electron chi connectivity index (χ1n) is 8.01. The lowest BCUT2D eigenvalue weighted by atomic mass is 9.51. The first-order valence-corrected chi connectivity index (χ1v) is 8.01. The minimum Gasteiger partial charge on any atom is -0.507 e. The van der Waals surface area contributed by atoms with Gasteiger partial charge in [-0.3, -0.25) is 4.79 Å². The number of phenolic OH excluding ortho intramolecular Hbond substituents is 2. The van der Waals surface area contributed by atoms with E-state index in [1.54, 1.807) is 6.92 Å². The van der Waals surface area contributed by atoms with Crippen LogP contribution in [0.15, 0.2) is 6.07 Å². The van der Waals surface area contributed by atoms with Crippen molar-refractivity contribution in [1.29, 1.82) is 0 Å². The number of aromatic hydroxyl groups is 2. The number of ketones is 1. The standard InChI is InChI=1S/C17H20O7/c1-17-9(19)4-3-6-12(17)14(21)10-7(18)5-8(23-2)13(20)11(10)15(17)24-16(6)22/h5-6,9,12,15-16,18-20,22H,3-4H2,1-2H3/t6-,9+,12+,15-,16+,17+/m1/s1. The summed E-state index contributed by atoms with van der Waals surface area (Å²) in [6, 6.07) is 1.19. The molecule has 2 fully saturated rings. The molecule has 0 aromatic heterocycles. The summed E-state index contributed by atoms with van der Waals surface area (Å²) in [6.45, 7) is 1.74. The molecule has 1 aromatic carbocycles. The van der Waals surface area contributed by atoms with Crippen molar-refractivity contribution >= 4 is 5.78 Å². The Bertz CT molecular complexity index is 730. The molecule has 1 heterocycles. The molecule has 4 bridgehead atoms. The van der Waals surface area contributed by atoms with Crippen molar-refractivity contribution in [3.8, 4) is 17.2 Å². The number of hydrogen-bond acceptors (Lipinski definition) is 7. The highest BCUT2D eigenvalue weighted by Gasteiger charge is 2.65. The summed E-state index contributed by atoms with van der Waals surface area (Å²) in [5.74, 6) is -2.11. The van der Waals surface area contributed by atoms with Crippen molar-refractivity contribution in [1.82, 2.24) is 0 Å². The number of phenols is 2. The van der Waals surface area contributed by atoms with Crippen LogP contribution < -0.4 is 4.74 Å². The fraction of sp³-hybridized carbons (Fsp3) is 0.588. The van der Waals surface area contributed by atoms with Gasteiger partial charge < -0.3 is 29.9 Å². The Hall–Kier alpha value is -1.83. The third-order valence-corrected chi connectivity index (χ3v) is 6.09. The monoisotopic (exact) mass is 336 g/mol. The average molecular weight is 336 g/mol. The van der Waals surface area contributed by atoms with E-state index in [-0.39, 0.29) is 34.2 Å². The van der Waals surface area contributed by atoms with Gasteiger partial charge in [0.15, 0.2) is 23.6 Å². The van der Waals surface area contributed by atoms with E-state index in [2.05, 4.69) is 0 Å². The van der Waals surface area contributed by atoms with Gasteiger partial charge in [-0.2, -0.15) is 0 Å². The molecule has 4 rings (SSSR count). The lowest BCUT2D eigenvalue weighted by Gasteiger charge is -2.59. The molecule has 24 heavy (non-hydrogen) atoms. The number of aliphatic hydroxyl groups excluding tert-OH is 2. The Labute approximate surface area is 138 Å². The van der Waals surface area contributed by atoms with E-state index in [1.165, 1.54) is 13.2 Å². The SMILES string of the molecule is COc1cc(O)c2c(c1O)[C@H]1O[C@H](O)[C@@H]3CC[C@H](O)[C@@]1(C)[C@@H]3C2=O. The molecular formula is C17H20O7. The number of ether oxygens (including phenoxy) is 2. The molecule has 0 amide bonds. The molecule has 1 aliphatic heterocycles. The van der Waals surface area contributed by atoms with Crippen molar-refractivity contribution in [2.75, 3.05) is 7.11 Å². The van der Waals surface area contributed by atoms with Crippen molar-refractivity contribution in [2.45, 2.75) is 38.3 Å². The number of fused-ring (bicyclic) bond motifs is 2. The van der Waals surface area contributed by atoms with Gasteiger partial charge in [0.25, 0.3) is 0 Å². The third-order valence-electron chi connectivity index (χ3n) is 6.09. The fourth-order valence-electron chi connectivity index (χ4n) is 4.86. The van der Waals surface area contributed by atoms with E-state index in [9.17, 15) is 25.2 Å². The normalized spacial score (nSPS) is 40.2. The smallest absolute Gasteiger partial charge is 0.171 e. The molecule has 6 atom stereocenters. The molecule has 130 valence electrons. The molecule has 7 heteroatoms. The lowest BCUT2D eigenvalue weighted by molar-refractivity contribution is -0.294. The number of benzene rings is 1. The Kier molecular flexibility index (Phi) is 3.16. The molecule has 7 nitrogen and oxygen atoms in total. The molecular weight excluding hydrogens is 316 g/mol. The van der Waals surface area contributed by atoms with Crippen LogP contribution in [0.25, 0.3) is 0 Å². The summed E-state index contributed by atoms with van der Waals surface area (Å²) in [5, 5.41) is 41.8. The number of carbonyl (C=O) groups excluding carboxylic acids is 1. The molecule has 1 saturated carbocycles. The van der Waals surface area contributed by atoms with Gasteiger partial charge in [-0.1, -0.05) is 6.92 Å². The van der Waals surface area contributed by atoms with Gasteiger partial charge in [-0.15, -0.1) is 0 Å². The maximum Gasteiger partial charge on any atom is 0.171 e. The number of rotatable bonds is 1. The molecule has 4 N–H and O–H groups in total. The Morgan fingerprint density at radius 1 is 1.29 bits per heavy atom. The highest BCUT2D eigenvalue weighted by Crippen LogP contribution is 2.65. The van der Waals surface area contributed by atoms with E-state index < -0.39 is 35.7 Å². The second-order valence-corrected chi connectivity index (χ2v) is 7.11. The molecule has 1 saturated heterocycles. The molecule has 1 aromatic rings. The number of methoxy groups -OCH3 is 1.